The largest absolute Gasteiger partial charge is 0.379 e. The Labute approximate surface area is 150 Å². The topological polar surface area (TPSA) is 83.0 Å². The Morgan fingerprint density at radius 2 is 1.88 bits per heavy atom. The van der Waals surface area contributed by atoms with Crippen molar-refractivity contribution < 1.29 is 13.2 Å². The molecule has 140 valence electrons. The van der Waals surface area contributed by atoms with E-state index in [1.54, 1.807) is 7.05 Å². The summed E-state index contributed by atoms with van der Waals surface area (Å²) in [6.45, 7) is 5.37. The molecule has 25 heavy (non-hydrogen) atoms. The maximum Gasteiger partial charge on any atom is 0.191 e. The fourth-order valence-electron chi connectivity index (χ4n) is 2.64. The second-order valence-electron chi connectivity index (χ2n) is 6.14. The number of ether oxygens (including phenoxy) is 1. The van der Waals surface area contributed by atoms with Crippen LogP contribution in [0.4, 0.5) is 0 Å². The number of rotatable bonds is 7. The Balaban J connectivity index is 1.88. The quantitative estimate of drug-likeness (QED) is 0.530. The first-order valence-corrected chi connectivity index (χ1v) is 10.5. The van der Waals surface area contributed by atoms with E-state index in [0.29, 0.717) is 19.0 Å². The zero-order valence-electron chi connectivity index (χ0n) is 15.0. The van der Waals surface area contributed by atoms with Gasteiger partial charge in [-0.1, -0.05) is 24.3 Å². The van der Waals surface area contributed by atoms with E-state index in [2.05, 4.69) is 38.7 Å². The van der Waals surface area contributed by atoms with Gasteiger partial charge in [-0.15, -0.1) is 0 Å². The lowest BCUT2D eigenvalue weighted by molar-refractivity contribution is 0.0341. The van der Waals surface area contributed by atoms with Crippen molar-refractivity contribution in [1.82, 2.24) is 15.5 Å². The number of morpholine rings is 1. The molecule has 0 aliphatic carbocycles. The van der Waals surface area contributed by atoms with Crippen LogP contribution in [0.3, 0.4) is 0 Å². The van der Waals surface area contributed by atoms with Gasteiger partial charge in [-0.25, -0.2) is 8.42 Å². The molecule has 1 aromatic rings. The van der Waals surface area contributed by atoms with Gasteiger partial charge >= 0.3 is 0 Å². The predicted molar refractivity (Wildman–Crippen MR) is 100 cm³/mol. The molecule has 1 saturated heterocycles. The Morgan fingerprint density at radius 3 is 2.52 bits per heavy atom. The minimum absolute atomic E-state index is 0.0846. The normalized spacial score (nSPS) is 16.6. The molecule has 8 heteroatoms. The third-order valence-corrected chi connectivity index (χ3v) is 5.00. The Morgan fingerprint density at radius 1 is 1.20 bits per heavy atom. The van der Waals surface area contributed by atoms with Crippen molar-refractivity contribution in [1.29, 1.82) is 0 Å². The van der Waals surface area contributed by atoms with Gasteiger partial charge in [0.15, 0.2) is 5.96 Å². The van der Waals surface area contributed by atoms with Crippen LogP contribution in [0.15, 0.2) is 29.3 Å². The molecule has 1 fully saturated rings. The molecule has 1 aromatic carbocycles. The second-order valence-corrected chi connectivity index (χ2v) is 8.40. The van der Waals surface area contributed by atoms with Crippen LogP contribution in [-0.4, -0.2) is 71.2 Å². The Kier molecular flexibility index (Phi) is 7.67. The average molecular weight is 369 g/mol. The van der Waals surface area contributed by atoms with Crippen LogP contribution in [-0.2, 0) is 27.7 Å². The molecule has 0 saturated carbocycles. The first-order chi connectivity index (χ1) is 12.0. The van der Waals surface area contributed by atoms with Crippen LogP contribution in [0.5, 0.6) is 0 Å². The Bertz CT molecular complexity index is 670. The standard InChI is InChI=1S/C17H28N4O3S/c1-18-17(19-7-12-25(2,22)23)20-13-15-5-3-4-6-16(15)14-21-8-10-24-11-9-21/h3-6H,7-14H2,1-2H3,(H2,18,19,20). The molecule has 0 amide bonds. The first kappa shape index (κ1) is 19.7. The highest BCUT2D eigenvalue weighted by molar-refractivity contribution is 7.90. The van der Waals surface area contributed by atoms with Gasteiger partial charge in [0.25, 0.3) is 0 Å². The zero-order valence-corrected chi connectivity index (χ0v) is 15.8. The number of hydrogen-bond acceptors (Lipinski definition) is 5. The molecule has 1 heterocycles. The van der Waals surface area contributed by atoms with E-state index in [0.717, 1.165) is 32.8 Å². The summed E-state index contributed by atoms with van der Waals surface area (Å²) >= 11 is 0. The van der Waals surface area contributed by atoms with Crippen molar-refractivity contribution in [2.45, 2.75) is 13.1 Å². The lowest BCUT2D eigenvalue weighted by Gasteiger charge is -2.27. The molecule has 2 N–H and O–H groups in total. The monoisotopic (exact) mass is 368 g/mol. The molecule has 0 bridgehead atoms. The maximum absolute atomic E-state index is 11.2. The number of aliphatic imine (C=N–C) groups is 1. The first-order valence-electron chi connectivity index (χ1n) is 8.47. The van der Waals surface area contributed by atoms with E-state index < -0.39 is 9.84 Å². The number of nitrogens with one attached hydrogen (secondary N) is 2. The van der Waals surface area contributed by atoms with Gasteiger partial charge in [0.1, 0.15) is 9.84 Å². The van der Waals surface area contributed by atoms with Crippen molar-refractivity contribution in [3.63, 3.8) is 0 Å². The van der Waals surface area contributed by atoms with E-state index in [4.69, 9.17) is 4.74 Å². The minimum atomic E-state index is -2.98. The Hall–Kier alpha value is -1.64. The highest BCUT2D eigenvalue weighted by Gasteiger charge is 2.12. The predicted octanol–water partition coefficient (Wildman–Crippen LogP) is 0.228. The van der Waals surface area contributed by atoms with Crippen LogP contribution >= 0.6 is 0 Å². The smallest absolute Gasteiger partial charge is 0.191 e. The number of nitrogens with zero attached hydrogens (tertiary/aromatic N) is 2. The highest BCUT2D eigenvalue weighted by Crippen LogP contribution is 2.12. The number of hydrogen-bond donors (Lipinski definition) is 2. The lowest BCUT2D eigenvalue weighted by atomic mass is 10.1. The third kappa shape index (κ3) is 7.41. The molecular weight excluding hydrogens is 340 g/mol. The lowest BCUT2D eigenvalue weighted by Crippen LogP contribution is -2.39. The van der Waals surface area contributed by atoms with Gasteiger partial charge in [0.05, 0.1) is 19.0 Å². The van der Waals surface area contributed by atoms with Gasteiger partial charge in [-0.3, -0.25) is 9.89 Å². The van der Waals surface area contributed by atoms with Gasteiger partial charge in [-0.05, 0) is 11.1 Å². The van der Waals surface area contributed by atoms with E-state index in [1.807, 2.05) is 6.07 Å². The van der Waals surface area contributed by atoms with Crippen molar-refractivity contribution in [3.05, 3.63) is 35.4 Å². The van der Waals surface area contributed by atoms with E-state index in [9.17, 15) is 8.42 Å². The molecular formula is C17H28N4O3S. The molecule has 0 unspecified atom stereocenters. The van der Waals surface area contributed by atoms with Crippen molar-refractivity contribution in [3.8, 4) is 0 Å². The summed E-state index contributed by atoms with van der Waals surface area (Å²) in [5, 5.41) is 6.28. The number of sulfone groups is 1. The molecule has 0 aromatic heterocycles. The van der Waals surface area contributed by atoms with Crippen molar-refractivity contribution in [2.75, 3.05) is 51.9 Å². The SMILES string of the molecule is CN=C(NCCS(C)(=O)=O)NCc1ccccc1CN1CCOCC1. The summed E-state index contributed by atoms with van der Waals surface area (Å²) < 4.78 is 27.8. The molecule has 1 aliphatic rings. The van der Waals surface area contributed by atoms with Crippen LogP contribution < -0.4 is 10.6 Å². The van der Waals surface area contributed by atoms with Gasteiger partial charge in [-0.2, -0.15) is 0 Å². The fraction of sp³-hybridized carbons (Fsp3) is 0.588. The van der Waals surface area contributed by atoms with Crippen molar-refractivity contribution >= 4 is 15.8 Å². The third-order valence-electron chi connectivity index (χ3n) is 4.05. The van der Waals surface area contributed by atoms with E-state index in [1.165, 1.54) is 17.4 Å². The second kappa shape index (κ2) is 9.74. The summed E-state index contributed by atoms with van der Waals surface area (Å²) in [5.41, 5.74) is 2.49. The van der Waals surface area contributed by atoms with Crippen LogP contribution in [0.1, 0.15) is 11.1 Å². The van der Waals surface area contributed by atoms with Crippen LogP contribution in [0.2, 0.25) is 0 Å². The van der Waals surface area contributed by atoms with E-state index in [-0.39, 0.29) is 5.75 Å². The molecule has 0 radical (unpaired) electrons. The van der Waals surface area contributed by atoms with Crippen molar-refractivity contribution in [2.24, 2.45) is 4.99 Å². The number of benzene rings is 1. The summed E-state index contributed by atoms with van der Waals surface area (Å²) in [6.07, 6.45) is 1.23. The van der Waals surface area contributed by atoms with Gasteiger partial charge in [0, 0.05) is 46.0 Å². The van der Waals surface area contributed by atoms with Crippen LogP contribution in [0, 0.1) is 0 Å². The molecule has 7 nitrogen and oxygen atoms in total. The van der Waals surface area contributed by atoms with Crippen LogP contribution in [0.25, 0.3) is 0 Å². The molecule has 1 aliphatic heterocycles. The fourth-order valence-corrected chi connectivity index (χ4v) is 3.11. The number of guanidine groups is 1. The summed E-state index contributed by atoms with van der Waals surface area (Å²) in [5.74, 6) is 0.686. The summed E-state index contributed by atoms with van der Waals surface area (Å²) in [7, 11) is -1.30. The van der Waals surface area contributed by atoms with E-state index >= 15 is 0 Å². The summed E-state index contributed by atoms with van der Waals surface area (Å²) in [6, 6.07) is 8.33. The zero-order chi connectivity index (χ0) is 18.1. The molecule has 2 rings (SSSR count). The average Bonchev–Trinajstić information content (AvgIpc) is 2.59. The summed E-state index contributed by atoms with van der Waals surface area (Å²) in [4.78, 5) is 6.53. The molecule has 0 atom stereocenters. The van der Waals surface area contributed by atoms with Gasteiger partial charge in [0.2, 0.25) is 0 Å². The minimum Gasteiger partial charge on any atom is -0.379 e. The highest BCUT2D eigenvalue weighted by atomic mass is 32.2. The maximum atomic E-state index is 11.2. The molecule has 0 spiro atoms. The van der Waals surface area contributed by atoms with Gasteiger partial charge < -0.3 is 15.4 Å².